The summed E-state index contributed by atoms with van der Waals surface area (Å²) in [6, 6.07) is 4.11. The molecule has 0 saturated carbocycles. The van der Waals surface area contributed by atoms with Crippen LogP contribution in [0.5, 0.6) is 11.5 Å². The van der Waals surface area contributed by atoms with Gasteiger partial charge >= 0.3 is 0 Å². The first-order chi connectivity index (χ1) is 11.1. The number of hydrogen-bond acceptors (Lipinski definition) is 6. The molecule has 0 radical (unpaired) electrons. The maximum atomic E-state index is 5.89. The highest BCUT2D eigenvalue weighted by Crippen LogP contribution is 2.27. The average Bonchev–Trinajstić information content (AvgIpc) is 3.07. The molecule has 4 nitrogen and oxygen atoms in total. The number of ether oxygens (including phenoxy) is 2. The first-order valence-corrected chi connectivity index (χ1v) is 9.50. The minimum atomic E-state index is 0.685. The molecule has 0 bridgehead atoms. The van der Waals surface area contributed by atoms with Crippen molar-refractivity contribution in [2.24, 2.45) is 0 Å². The number of rotatable bonds is 10. The van der Waals surface area contributed by atoms with Crippen LogP contribution in [-0.2, 0) is 13.1 Å². The summed E-state index contributed by atoms with van der Waals surface area (Å²) in [4.78, 5) is 6.87. The van der Waals surface area contributed by atoms with E-state index < -0.39 is 0 Å². The van der Waals surface area contributed by atoms with Crippen LogP contribution in [0.25, 0.3) is 0 Å². The average molecular weight is 355 g/mol. The second-order valence-corrected chi connectivity index (χ2v) is 7.94. The Bertz CT molecular complexity index is 528. The molecule has 2 aromatic rings. The molecule has 128 valence electrons. The predicted octanol–water partition coefficient (Wildman–Crippen LogP) is 3.78. The lowest BCUT2D eigenvalue weighted by Crippen LogP contribution is -2.12. The number of thiophene rings is 2. The van der Waals surface area contributed by atoms with Crippen molar-refractivity contribution in [1.82, 2.24) is 9.80 Å². The molecule has 0 amide bonds. The van der Waals surface area contributed by atoms with E-state index in [0.717, 1.165) is 31.0 Å². The summed E-state index contributed by atoms with van der Waals surface area (Å²) in [5.41, 5.74) is 0. The lowest BCUT2D eigenvalue weighted by atomic mass is 10.4. The first kappa shape index (κ1) is 18.3. The fourth-order valence-electron chi connectivity index (χ4n) is 2.14. The van der Waals surface area contributed by atoms with Gasteiger partial charge in [-0.15, -0.1) is 22.7 Å². The SMILES string of the molecule is CN(C)Cc1sccc1OCCCOc1ccsc1CN(C)C. The third-order valence-electron chi connectivity index (χ3n) is 3.13. The molecule has 0 aliphatic heterocycles. The fourth-order valence-corrected chi connectivity index (χ4v) is 4.01. The van der Waals surface area contributed by atoms with Gasteiger partial charge in [0.25, 0.3) is 0 Å². The van der Waals surface area contributed by atoms with Crippen molar-refractivity contribution < 1.29 is 9.47 Å². The molecular formula is C17H26N2O2S2. The Morgan fingerprint density at radius 2 is 1.22 bits per heavy atom. The smallest absolute Gasteiger partial charge is 0.134 e. The van der Waals surface area contributed by atoms with E-state index in [1.54, 1.807) is 22.7 Å². The predicted molar refractivity (Wildman–Crippen MR) is 99.0 cm³/mol. The van der Waals surface area contributed by atoms with Crippen LogP contribution in [0.2, 0.25) is 0 Å². The molecule has 0 spiro atoms. The molecule has 0 fully saturated rings. The van der Waals surface area contributed by atoms with Gasteiger partial charge in [0.2, 0.25) is 0 Å². The van der Waals surface area contributed by atoms with Gasteiger partial charge < -0.3 is 19.3 Å². The second-order valence-electron chi connectivity index (χ2n) is 5.94. The van der Waals surface area contributed by atoms with Crippen LogP contribution < -0.4 is 9.47 Å². The Hall–Kier alpha value is -1.08. The van der Waals surface area contributed by atoms with Crippen LogP contribution in [0.3, 0.4) is 0 Å². The number of hydrogen-bond donors (Lipinski definition) is 0. The van der Waals surface area contributed by atoms with Gasteiger partial charge in [-0.3, -0.25) is 0 Å². The van der Waals surface area contributed by atoms with Crippen molar-refractivity contribution in [2.45, 2.75) is 19.5 Å². The molecule has 0 aliphatic rings. The van der Waals surface area contributed by atoms with Gasteiger partial charge in [0.1, 0.15) is 11.5 Å². The van der Waals surface area contributed by atoms with Crippen molar-refractivity contribution in [3.63, 3.8) is 0 Å². The van der Waals surface area contributed by atoms with E-state index in [-0.39, 0.29) is 0 Å². The summed E-state index contributed by atoms with van der Waals surface area (Å²) < 4.78 is 11.8. The van der Waals surface area contributed by atoms with E-state index in [2.05, 4.69) is 60.9 Å². The molecule has 0 aliphatic carbocycles. The fraction of sp³-hybridized carbons (Fsp3) is 0.529. The molecule has 0 aromatic carbocycles. The van der Waals surface area contributed by atoms with Gasteiger partial charge in [-0.25, -0.2) is 0 Å². The summed E-state index contributed by atoms with van der Waals surface area (Å²) in [6.07, 6.45) is 0.883. The molecule has 0 saturated heterocycles. The maximum Gasteiger partial charge on any atom is 0.134 e. The highest BCUT2D eigenvalue weighted by atomic mass is 32.1. The third kappa shape index (κ3) is 6.14. The summed E-state index contributed by atoms with van der Waals surface area (Å²) in [5, 5.41) is 4.17. The zero-order valence-electron chi connectivity index (χ0n) is 14.4. The van der Waals surface area contributed by atoms with E-state index in [1.165, 1.54) is 9.75 Å². The first-order valence-electron chi connectivity index (χ1n) is 7.74. The molecular weight excluding hydrogens is 328 g/mol. The molecule has 2 heterocycles. The van der Waals surface area contributed by atoms with Crippen LogP contribution in [0.1, 0.15) is 16.2 Å². The minimum Gasteiger partial charge on any atom is -0.492 e. The van der Waals surface area contributed by atoms with Crippen LogP contribution in [0, 0.1) is 0 Å². The Labute approximate surface area is 147 Å². The molecule has 23 heavy (non-hydrogen) atoms. The lowest BCUT2D eigenvalue weighted by Gasteiger charge is -2.12. The van der Waals surface area contributed by atoms with E-state index in [0.29, 0.717) is 13.2 Å². The third-order valence-corrected chi connectivity index (χ3v) is 4.91. The Balaban J connectivity index is 1.70. The normalized spacial score (nSPS) is 11.4. The Kier molecular flexibility index (Phi) is 7.36. The van der Waals surface area contributed by atoms with Crippen LogP contribution in [0.4, 0.5) is 0 Å². The van der Waals surface area contributed by atoms with Gasteiger partial charge in [0.05, 0.1) is 23.0 Å². The largest absolute Gasteiger partial charge is 0.492 e. The van der Waals surface area contributed by atoms with Crippen LogP contribution in [0.15, 0.2) is 22.9 Å². The summed E-state index contributed by atoms with van der Waals surface area (Å²) in [5.74, 6) is 2.01. The molecule has 0 unspecified atom stereocenters. The molecule has 0 N–H and O–H groups in total. The maximum absolute atomic E-state index is 5.89. The van der Waals surface area contributed by atoms with Gasteiger partial charge in [0.15, 0.2) is 0 Å². The van der Waals surface area contributed by atoms with E-state index in [1.807, 2.05) is 0 Å². The van der Waals surface area contributed by atoms with Crippen LogP contribution in [-0.4, -0.2) is 51.2 Å². The highest BCUT2D eigenvalue weighted by molar-refractivity contribution is 7.10. The van der Waals surface area contributed by atoms with Crippen molar-refractivity contribution in [2.75, 3.05) is 41.4 Å². The standard InChI is InChI=1S/C17H26N2O2S2/c1-18(2)12-16-14(6-10-22-16)20-8-5-9-21-15-7-11-23-17(15)13-19(3)4/h6-7,10-11H,5,8-9,12-13H2,1-4H3. The summed E-state index contributed by atoms with van der Waals surface area (Å²) in [6.45, 7) is 3.22. The number of nitrogens with zero attached hydrogens (tertiary/aromatic N) is 2. The molecule has 2 rings (SSSR count). The quantitative estimate of drug-likeness (QED) is 0.606. The Morgan fingerprint density at radius 1 is 0.783 bits per heavy atom. The monoisotopic (exact) mass is 354 g/mol. The van der Waals surface area contributed by atoms with Gasteiger partial charge in [-0.2, -0.15) is 0 Å². The summed E-state index contributed by atoms with van der Waals surface area (Å²) in [7, 11) is 8.29. The second kappa shape index (κ2) is 9.27. The van der Waals surface area contributed by atoms with Crippen LogP contribution >= 0.6 is 22.7 Å². The topological polar surface area (TPSA) is 24.9 Å². The lowest BCUT2D eigenvalue weighted by molar-refractivity contribution is 0.243. The van der Waals surface area contributed by atoms with Gasteiger partial charge in [-0.1, -0.05) is 0 Å². The molecule has 0 atom stereocenters. The van der Waals surface area contributed by atoms with E-state index in [4.69, 9.17) is 9.47 Å². The van der Waals surface area contributed by atoms with Gasteiger partial charge in [0, 0.05) is 19.5 Å². The zero-order valence-corrected chi connectivity index (χ0v) is 16.0. The van der Waals surface area contributed by atoms with E-state index >= 15 is 0 Å². The summed E-state index contributed by atoms with van der Waals surface area (Å²) >= 11 is 3.49. The Morgan fingerprint density at radius 3 is 1.61 bits per heavy atom. The van der Waals surface area contributed by atoms with Crippen molar-refractivity contribution in [3.8, 4) is 11.5 Å². The molecule has 6 heteroatoms. The van der Waals surface area contributed by atoms with Gasteiger partial charge in [-0.05, 0) is 51.1 Å². The van der Waals surface area contributed by atoms with E-state index in [9.17, 15) is 0 Å². The molecule has 2 aromatic heterocycles. The zero-order chi connectivity index (χ0) is 16.7. The van der Waals surface area contributed by atoms with Crippen molar-refractivity contribution in [1.29, 1.82) is 0 Å². The van der Waals surface area contributed by atoms with Crippen molar-refractivity contribution in [3.05, 3.63) is 32.6 Å². The minimum absolute atomic E-state index is 0.685. The van der Waals surface area contributed by atoms with Crippen molar-refractivity contribution >= 4 is 22.7 Å². The highest BCUT2D eigenvalue weighted by Gasteiger charge is 2.08.